The summed E-state index contributed by atoms with van der Waals surface area (Å²) in [7, 11) is 0. The van der Waals surface area contributed by atoms with Crippen LogP contribution in [0.1, 0.15) is 55.5 Å². The van der Waals surface area contributed by atoms with Crippen LogP contribution in [0.3, 0.4) is 0 Å². The number of aromatic nitrogens is 3. The summed E-state index contributed by atoms with van der Waals surface area (Å²) in [5, 5.41) is 11.4. The van der Waals surface area contributed by atoms with Gasteiger partial charge in [-0.05, 0) is 30.4 Å². The third-order valence-electron chi connectivity index (χ3n) is 6.48. The molecular formula is C25H26N4O. The Morgan fingerprint density at radius 1 is 1.07 bits per heavy atom. The Kier molecular flexibility index (Phi) is 4.55. The van der Waals surface area contributed by atoms with Crippen LogP contribution in [0, 0.1) is 0 Å². The number of aliphatic hydroxyl groups is 1. The Bertz CT molecular complexity index is 1180. The highest BCUT2D eigenvalue weighted by atomic mass is 16.3. The van der Waals surface area contributed by atoms with Crippen molar-refractivity contribution in [2.24, 2.45) is 0 Å². The third-order valence-corrected chi connectivity index (χ3v) is 6.48. The second kappa shape index (κ2) is 7.26. The Morgan fingerprint density at radius 3 is 2.40 bits per heavy atom. The number of hydrogen-bond donors (Lipinski definition) is 2. The summed E-state index contributed by atoms with van der Waals surface area (Å²) in [6.45, 7) is 2.00. The van der Waals surface area contributed by atoms with E-state index in [9.17, 15) is 5.11 Å². The molecule has 1 atom stereocenters. The summed E-state index contributed by atoms with van der Waals surface area (Å²) in [5.41, 5.74) is 9.69. The maximum atomic E-state index is 11.4. The molecule has 2 heterocycles. The summed E-state index contributed by atoms with van der Waals surface area (Å²) in [6, 6.07) is 17.9. The van der Waals surface area contributed by atoms with E-state index in [0.29, 0.717) is 18.2 Å². The Balaban J connectivity index is 1.59. The number of hydrogen-bond acceptors (Lipinski definition) is 4. The van der Waals surface area contributed by atoms with Crippen molar-refractivity contribution < 1.29 is 5.11 Å². The van der Waals surface area contributed by atoms with Gasteiger partial charge in [0.25, 0.3) is 0 Å². The number of benzene rings is 2. The van der Waals surface area contributed by atoms with Gasteiger partial charge in [0.1, 0.15) is 28.5 Å². The van der Waals surface area contributed by atoms with Crippen molar-refractivity contribution in [2.45, 2.75) is 44.1 Å². The fourth-order valence-electron chi connectivity index (χ4n) is 4.44. The zero-order valence-corrected chi connectivity index (χ0v) is 17.1. The minimum Gasteiger partial charge on any atom is -0.382 e. The van der Waals surface area contributed by atoms with Gasteiger partial charge in [0, 0.05) is 23.9 Å². The molecule has 5 nitrogen and oxygen atoms in total. The molecule has 1 fully saturated rings. The van der Waals surface area contributed by atoms with Gasteiger partial charge in [0.15, 0.2) is 0 Å². The van der Waals surface area contributed by atoms with Crippen molar-refractivity contribution >= 4 is 11.3 Å². The van der Waals surface area contributed by atoms with Gasteiger partial charge in [0.2, 0.25) is 0 Å². The summed E-state index contributed by atoms with van der Waals surface area (Å²) >= 11 is 0. The van der Waals surface area contributed by atoms with E-state index in [2.05, 4.69) is 9.38 Å². The van der Waals surface area contributed by atoms with Crippen LogP contribution in [0.15, 0.2) is 67.0 Å². The highest BCUT2D eigenvalue weighted by Gasteiger charge is 2.30. The van der Waals surface area contributed by atoms with Crippen LogP contribution in [-0.2, 0) is 5.60 Å². The average Bonchev–Trinajstić information content (AvgIpc) is 3.13. The summed E-state index contributed by atoms with van der Waals surface area (Å²) in [6.07, 6.45) is 7.86. The fourth-order valence-corrected chi connectivity index (χ4v) is 4.44. The van der Waals surface area contributed by atoms with Crippen molar-refractivity contribution in [3.05, 3.63) is 83.9 Å². The molecule has 0 aliphatic heterocycles. The minimum absolute atomic E-state index is 0.482. The molecule has 1 aliphatic carbocycles. The molecule has 0 saturated heterocycles. The maximum absolute atomic E-state index is 11.4. The van der Waals surface area contributed by atoms with Crippen molar-refractivity contribution in [2.75, 3.05) is 5.73 Å². The summed E-state index contributed by atoms with van der Waals surface area (Å²) in [4.78, 5) is 9.29. The molecule has 30 heavy (non-hydrogen) atoms. The second-order valence-electron chi connectivity index (χ2n) is 8.13. The molecule has 2 aromatic heterocycles. The van der Waals surface area contributed by atoms with Gasteiger partial charge in [-0.25, -0.2) is 9.97 Å². The second-order valence-corrected chi connectivity index (χ2v) is 8.13. The predicted octanol–water partition coefficient (Wildman–Crippen LogP) is 4.89. The SMILES string of the molecule is CCC(O)(c1ccccc1)c1ccc(-c2nc(C3CCC3)n3ccnc(N)c23)cc1. The predicted molar refractivity (Wildman–Crippen MR) is 119 cm³/mol. The van der Waals surface area contributed by atoms with Gasteiger partial charge in [-0.15, -0.1) is 0 Å². The molecular weight excluding hydrogens is 372 g/mol. The van der Waals surface area contributed by atoms with Gasteiger partial charge in [-0.1, -0.05) is 67.9 Å². The van der Waals surface area contributed by atoms with Crippen LogP contribution in [-0.4, -0.2) is 19.5 Å². The number of imidazole rings is 1. The van der Waals surface area contributed by atoms with E-state index in [1.807, 2.05) is 67.7 Å². The van der Waals surface area contributed by atoms with Crippen LogP contribution in [0.5, 0.6) is 0 Å². The van der Waals surface area contributed by atoms with E-state index in [1.54, 1.807) is 6.20 Å². The first-order chi connectivity index (χ1) is 14.6. The number of fused-ring (bicyclic) bond motifs is 1. The standard InChI is InChI=1S/C25H26N4O/c1-2-25(30,19-9-4-3-5-10-19)20-13-11-17(12-14-20)21-22-23(26)27-15-16-29(22)24(28-21)18-7-6-8-18/h3-5,9-16,18,30H,2,6-8H2,1H3,(H2,26,27). The highest BCUT2D eigenvalue weighted by Crippen LogP contribution is 2.40. The zero-order chi connectivity index (χ0) is 20.7. The smallest absolute Gasteiger partial charge is 0.150 e. The normalized spacial score (nSPS) is 16.3. The first-order valence-corrected chi connectivity index (χ1v) is 10.6. The van der Waals surface area contributed by atoms with Gasteiger partial charge < -0.3 is 10.8 Å². The van der Waals surface area contributed by atoms with E-state index in [-0.39, 0.29) is 0 Å². The van der Waals surface area contributed by atoms with Crippen LogP contribution < -0.4 is 5.73 Å². The molecule has 1 saturated carbocycles. The molecule has 0 spiro atoms. The molecule has 1 aliphatic rings. The minimum atomic E-state index is -1.02. The van der Waals surface area contributed by atoms with E-state index < -0.39 is 5.60 Å². The first-order valence-electron chi connectivity index (χ1n) is 10.6. The lowest BCUT2D eigenvalue weighted by molar-refractivity contribution is 0.0765. The topological polar surface area (TPSA) is 76.4 Å². The van der Waals surface area contributed by atoms with Crippen molar-refractivity contribution in [1.82, 2.24) is 14.4 Å². The van der Waals surface area contributed by atoms with Crippen LogP contribution >= 0.6 is 0 Å². The Morgan fingerprint density at radius 2 is 1.77 bits per heavy atom. The van der Waals surface area contributed by atoms with Crippen LogP contribution in [0.4, 0.5) is 5.82 Å². The van der Waals surface area contributed by atoms with E-state index in [4.69, 9.17) is 10.7 Å². The van der Waals surface area contributed by atoms with Gasteiger partial charge in [-0.2, -0.15) is 0 Å². The largest absolute Gasteiger partial charge is 0.382 e. The van der Waals surface area contributed by atoms with Crippen molar-refractivity contribution in [3.63, 3.8) is 0 Å². The van der Waals surface area contributed by atoms with Crippen LogP contribution in [0.2, 0.25) is 0 Å². The van der Waals surface area contributed by atoms with E-state index in [0.717, 1.165) is 33.7 Å². The molecule has 152 valence electrons. The number of rotatable bonds is 5. The molecule has 0 radical (unpaired) electrons. The lowest BCUT2D eigenvalue weighted by Crippen LogP contribution is -2.26. The van der Waals surface area contributed by atoms with E-state index >= 15 is 0 Å². The van der Waals surface area contributed by atoms with Gasteiger partial charge in [-0.3, -0.25) is 4.40 Å². The average molecular weight is 399 g/mol. The zero-order valence-electron chi connectivity index (χ0n) is 17.1. The highest BCUT2D eigenvalue weighted by molar-refractivity contribution is 5.85. The van der Waals surface area contributed by atoms with Crippen molar-refractivity contribution in [3.8, 4) is 11.3 Å². The molecule has 1 unspecified atom stereocenters. The molecule has 2 aromatic carbocycles. The summed E-state index contributed by atoms with van der Waals surface area (Å²) < 4.78 is 2.10. The van der Waals surface area contributed by atoms with Crippen molar-refractivity contribution in [1.29, 1.82) is 0 Å². The lowest BCUT2D eigenvalue weighted by Gasteiger charge is -2.28. The summed E-state index contributed by atoms with van der Waals surface area (Å²) in [5.74, 6) is 2.04. The maximum Gasteiger partial charge on any atom is 0.150 e. The Hall–Kier alpha value is -3.18. The van der Waals surface area contributed by atoms with Gasteiger partial charge >= 0.3 is 0 Å². The number of nitrogens with zero attached hydrogens (tertiary/aromatic N) is 3. The molecule has 0 amide bonds. The number of anilines is 1. The molecule has 5 rings (SSSR count). The third kappa shape index (κ3) is 2.89. The molecule has 3 N–H and O–H groups in total. The van der Waals surface area contributed by atoms with E-state index in [1.165, 1.54) is 19.3 Å². The van der Waals surface area contributed by atoms with Crippen LogP contribution in [0.25, 0.3) is 16.8 Å². The quantitative estimate of drug-likeness (QED) is 0.502. The number of nitrogen functional groups attached to an aromatic ring is 1. The molecule has 4 aromatic rings. The first kappa shape index (κ1) is 18.8. The fraction of sp³-hybridized carbons (Fsp3) is 0.280. The van der Waals surface area contributed by atoms with Gasteiger partial charge in [0.05, 0.1) is 0 Å². The molecule has 5 heteroatoms. The molecule has 0 bridgehead atoms. The lowest BCUT2D eigenvalue weighted by atomic mass is 9.84. The monoisotopic (exact) mass is 398 g/mol. The number of nitrogens with two attached hydrogens (primary N) is 1. The Labute approximate surface area is 176 Å².